The molecule has 1 aliphatic heterocycles. The molecule has 3 aromatic rings. The maximum Gasteiger partial charge on any atom is 0.168 e. The smallest absolute Gasteiger partial charge is 0.168 e. The predicted octanol–water partition coefficient (Wildman–Crippen LogP) is 2.98. The first kappa shape index (κ1) is 15.3. The minimum absolute atomic E-state index is 0.146. The number of carbonyl (C=O) groups excluding carboxylic acids is 1. The molecule has 124 valence electrons. The Morgan fingerprint density at radius 2 is 2.29 bits per heavy atom. The molecule has 1 atom stereocenters. The normalized spacial score (nSPS) is 17.8. The number of hydrogen-bond donors (Lipinski definition) is 0. The van der Waals surface area contributed by atoms with E-state index in [0.29, 0.717) is 12.0 Å². The van der Waals surface area contributed by atoms with Crippen LogP contribution in [0.1, 0.15) is 35.2 Å². The number of carbonyl (C=O) groups is 1. The fourth-order valence-corrected chi connectivity index (χ4v) is 4.39. The monoisotopic (exact) mass is 341 g/mol. The fraction of sp³-hybridized carbons (Fsp3) is 0.412. The molecule has 0 aromatic carbocycles. The molecule has 7 heteroatoms. The molecule has 1 fully saturated rings. The molecule has 24 heavy (non-hydrogen) atoms. The van der Waals surface area contributed by atoms with Gasteiger partial charge in [-0.05, 0) is 30.7 Å². The Hall–Kier alpha value is -2.28. The lowest BCUT2D eigenvalue weighted by molar-refractivity contribution is 0.0974. The summed E-state index contributed by atoms with van der Waals surface area (Å²) in [5, 5.41) is 6.22. The lowest BCUT2D eigenvalue weighted by atomic mass is 10.0. The number of Topliss-reactive ketones (excluding diaryl/α,β-unsaturated/α-hetero) is 1. The zero-order valence-electron chi connectivity index (χ0n) is 13.8. The number of anilines is 1. The van der Waals surface area contributed by atoms with E-state index in [0.717, 1.165) is 35.4 Å². The molecule has 0 unspecified atom stereocenters. The average Bonchev–Trinajstić information content (AvgIpc) is 3.28. The summed E-state index contributed by atoms with van der Waals surface area (Å²) in [6.07, 6.45) is 7.67. The van der Waals surface area contributed by atoms with E-state index < -0.39 is 0 Å². The number of hydrogen-bond acceptors (Lipinski definition) is 6. The van der Waals surface area contributed by atoms with E-state index >= 15 is 0 Å². The van der Waals surface area contributed by atoms with Crippen molar-refractivity contribution in [3.63, 3.8) is 0 Å². The van der Waals surface area contributed by atoms with Gasteiger partial charge in [0.05, 0.1) is 22.0 Å². The van der Waals surface area contributed by atoms with Crippen molar-refractivity contribution in [2.75, 3.05) is 11.4 Å². The first-order valence-corrected chi connectivity index (χ1v) is 8.98. The van der Waals surface area contributed by atoms with E-state index in [1.165, 1.54) is 5.56 Å². The fourth-order valence-electron chi connectivity index (χ4n) is 3.39. The predicted molar refractivity (Wildman–Crippen MR) is 94.7 cm³/mol. The van der Waals surface area contributed by atoms with Crippen molar-refractivity contribution in [1.82, 2.24) is 19.7 Å². The summed E-state index contributed by atoms with van der Waals surface area (Å²) in [5.74, 6) is 1.12. The molecular formula is C17H19N5OS. The molecular weight excluding hydrogens is 322 g/mol. The maximum absolute atomic E-state index is 12.5. The van der Waals surface area contributed by atoms with Crippen molar-refractivity contribution in [3.05, 3.63) is 35.2 Å². The van der Waals surface area contributed by atoms with Gasteiger partial charge in [-0.15, -0.1) is 11.3 Å². The van der Waals surface area contributed by atoms with Gasteiger partial charge in [0.15, 0.2) is 5.78 Å². The average molecular weight is 341 g/mol. The van der Waals surface area contributed by atoms with Crippen LogP contribution in [0.4, 0.5) is 5.82 Å². The molecule has 0 N–H and O–H groups in total. The summed E-state index contributed by atoms with van der Waals surface area (Å²) >= 11 is 1.68. The zero-order valence-corrected chi connectivity index (χ0v) is 14.6. The van der Waals surface area contributed by atoms with Gasteiger partial charge in [0.25, 0.3) is 0 Å². The Kier molecular flexibility index (Phi) is 3.80. The summed E-state index contributed by atoms with van der Waals surface area (Å²) in [6.45, 7) is 3.01. The maximum atomic E-state index is 12.5. The number of nitrogens with zero attached hydrogens (tertiary/aromatic N) is 5. The van der Waals surface area contributed by atoms with Gasteiger partial charge in [-0.25, -0.2) is 9.97 Å². The van der Waals surface area contributed by atoms with E-state index in [1.807, 2.05) is 7.05 Å². The minimum atomic E-state index is 0.146. The highest BCUT2D eigenvalue weighted by molar-refractivity contribution is 7.18. The van der Waals surface area contributed by atoms with Crippen molar-refractivity contribution >= 4 is 33.2 Å². The summed E-state index contributed by atoms with van der Waals surface area (Å²) < 4.78 is 2.79. The van der Waals surface area contributed by atoms with Crippen molar-refractivity contribution in [2.45, 2.75) is 32.2 Å². The van der Waals surface area contributed by atoms with E-state index in [1.54, 1.807) is 34.7 Å². The zero-order chi connectivity index (χ0) is 16.7. The van der Waals surface area contributed by atoms with E-state index in [4.69, 9.17) is 0 Å². The highest BCUT2D eigenvalue weighted by atomic mass is 32.1. The highest BCUT2D eigenvalue weighted by Gasteiger charge is 2.30. The molecule has 1 aliphatic rings. The third kappa shape index (κ3) is 2.58. The van der Waals surface area contributed by atoms with Gasteiger partial charge in [0, 0.05) is 32.3 Å². The summed E-state index contributed by atoms with van der Waals surface area (Å²) in [5.41, 5.74) is 2.89. The number of aryl methyl sites for hydroxylation is 2. The molecule has 0 radical (unpaired) electrons. The van der Waals surface area contributed by atoms with Crippen LogP contribution in [0.3, 0.4) is 0 Å². The first-order chi connectivity index (χ1) is 11.6. The Bertz CT molecular complexity index is 899. The van der Waals surface area contributed by atoms with E-state index in [2.05, 4.69) is 32.3 Å². The second-order valence-electron chi connectivity index (χ2n) is 6.31. The van der Waals surface area contributed by atoms with Crippen molar-refractivity contribution in [1.29, 1.82) is 0 Å². The Balaban J connectivity index is 1.61. The van der Waals surface area contributed by atoms with Crippen LogP contribution in [0.5, 0.6) is 0 Å². The first-order valence-electron chi connectivity index (χ1n) is 8.11. The standard InChI is InChI=1S/C17H19N5OS/c1-11-9-24-16-15(11)18-10-19-17(16)22-5-3-4-13(22)6-14(23)12-7-20-21(2)8-12/h7-10,13H,3-6H2,1-2H3/t13-/m1/s1. The third-order valence-electron chi connectivity index (χ3n) is 4.61. The van der Waals surface area contributed by atoms with Gasteiger partial charge in [0.2, 0.25) is 0 Å². The largest absolute Gasteiger partial charge is 0.352 e. The van der Waals surface area contributed by atoms with Crippen LogP contribution >= 0.6 is 11.3 Å². The Morgan fingerprint density at radius 1 is 1.42 bits per heavy atom. The topological polar surface area (TPSA) is 63.9 Å². The van der Waals surface area contributed by atoms with Gasteiger partial charge in [0.1, 0.15) is 12.1 Å². The third-order valence-corrected chi connectivity index (χ3v) is 5.69. The van der Waals surface area contributed by atoms with Crippen LogP contribution in [0.15, 0.2) is 24.1 Å². The molecule has 0 saturated carbocycles. The van der Waals surface area contributed by atoms with E-state index in [9.17, 15) is 4.79 Å². The van der Waals surface area contributed by atoms with Crippen LogP contribution in [-0.2, 0) is 7.05 Å². The lowest BCUT2D eigenvalue weighted by Crippen LogP contribution is -2.32. The van der Waals surface area contributed by atoms with Crippen LogP contribution in [0, 0.1) is 6.92 Å². The van der Waals surface area contributed by atoms with Crippen LogP contribution < -0.4 is 4.90 Å². The number of thiophene rings is 1. The van der Waals surface area contributed by atoms with Crippen LogP contribution in [-0.4, -0.2) is 38.1 Å². The minimum Gasteiger partial charge on any atom is -0.352 e. The number of fused-ring (bicyclic) bond motifs is 1. The molecule has 1 saturated heterocycles. The number of ketones is 1. The Morgan fingerprint density at radius 3 is 3.08 bits per heavy atom. The molecule has 0 bridgehead atoms. The molecule has 6 nitrogen and oxygen atoms in total. The molecule has 0 spiro atoms. The Labute approximate surface area is 144 Å². The SMILES string of the molecule is Cc1csc2c(N3CCC[C@@H]3CC(=O)c3cnn(C)c3)ncnc12. The highest BCUT2D eigenvalue weighted by Crippen LogP contribution is 2.35. The van der Waals surface area contributed by atoms with E-state index in [-0.39, 0.29) is 11.8 Å². The number of aromatic nitrogens is 4. The van der Waals surface area contributed by atoms with Gasteiger partial charge >= 0.3 is 0 Å². The van der Waals surface area contributed by atoms with Crippen molar-refractivity contribution in [2.24, 2.45) is 7.05 Å². The molecule has 3 aromatic heterocycles. The van der Waals surface area contributed by atoms with Crippen LogP contribution in [0.2, 0.25) is 0 Å². The molecule has 0 amide bonds. The quantitative estimate of drug-likeness (QED) is 0.683. The second kappa shape index (κ2) is 5.98. The van der Waals surface area contributed by atoms with Gasteiger partial charge in [-0.1, -0.05) is 0 Å². The van der Waals surface area contributed by atoms with Gasteiger partial charge in [-0.3, -0.25) is 9.48 Å². The summed E-state index contributed by atoms with van der Waals surface area (Å²) in [6, 6.07) is 0.193. The van der Waals surface area contributed by atoms with Crippen LogP contribution in [0.25, 0.3) is 10.2 Å². The molecule has 4 heterocycles. The van der Waals surface area contributed by atoms with Crippen molar-refractivity contribution in [3.8, 4) is 0 Å². The van der Waals surface area contributed by atoms with Crippen molar-refractivity contribution < 1.29 is 4.79 Å². The molecule has 4 rings (SSSR count). The van der Waals surface area contributed by atoms with Gasteiger partial charge in [-0.2, -0.15) is 5.10 Å². The second-order valence-corrected chi connectivity index (χ2v) is 7.19. The summed E-state index contributed by atoms with van der Waals surface area (Å²) in [7, 11) is 1.83. The van der Waals surface area contributed by atoms with Gasteiger partial charge < -0.3 is 4.90 Å². The number of rotatable bonds is 4. The lowest BCUT2D eigenvalue weighted by Gasteiger charge is -2.25. The summed E-state index contributed by atoms with van der Waals surface area (Å²) in [4.78, 5) is 23.8. The molecule has 0 aliphatic carbocycles.